The Labute approximate surface area is 101 Å². The fourth-order valence-corrected chi connectivity index (χ4v) is 2.64. The van der Waals surface area contributed by atoms with E-state index < -0.39 is 0 Å². The number of carbonyl (C=O) groups excluding carboxylic acids is 1. The second kappa shape index (κ2) is 5.34. The van der Waals surface area contributed by atoms with Crippen LogP contribution in [0, 0.1) is 0 Å². The average molecular weight is 247 g/mol. The van der Waals surface area contributed by atoms with Gasteiger partial charge in [0.1, 0.15) is 0 Å². The van der Waals surface area contributed by atoms with Crippen LogP contribution in [0.5, 0.6) is 0 Å². The summed E-state index contributed by atoms with van der Waals surface area (Å²) in [6, 6.07) is 0. The molecule has 2 saturated heterocycles. The van der Waals surface area contributed by atoms with Crippen molar-refractivity contribution in [3.63, 3.8) is 0 Å². The maximum absolute atomic E-state index is 11.8. The van der Waals surface area contributed by atoms with Crippen LogP contribution in [0.4, 0.5) is 0 Å². The zero-order valence-electron chi connectivity index (χ0n) is 9.51. The van der Waals surface area contributed by atoms with Crippen LogP contribution in [-0.4, -0.2) is 55.1 Å². The molecule has 92 valence electrons. The van der Waals surface area contributed by atoms with Crippen LogP contribution in [0.25, 0.3) is 0 Å². The summed E-state index contributed by atoms with van der Waals surface area (Å²) in [5.74, 6) is 0.571. The third-order valence-electron chi connectivity index (χ3n) is 3.42. The Bertz CT molecular complexity index is 249. The number of rotatable bonds is 2. The van der Waals surface area contributed by atoms with Gasteiger partial charge in [-0.1, -0.05) is 0 Å². The van der Waals surface area contributed by atoms with Gasteiger partial charge in [-0.2, -0.15) is 0 Å². The molecule has 5 heteroatoms. The highest BCUT2D eigenvalue weighted by molar-refractivity contribution is 6.18. The van der Waals surface area contributed by atoms with E-state index in [0.717, 1.165) is 32.5 Å². The summed E-state index contributed by atoms with van der Waals surface area (Å²) in [6.45, 7) is 4.08. The van der Waals surface area contributed by atoms with Gasteiger partial charge in [0.2, 0.25) is 5.91 Å². The molecule has 2 fully saturated rings. The van der Waals surface area contributed by atoms with Crippen LogP contribution >= 0.6 is 11.6 Å². The Morgan fingerprint density at radius 1 is 1.44 bits per heavy atom. The van der Waals surface area contributed by atoms with Gasteiger partial charge < -0.3 is 15.0 Å². The summed E-state index contributed by atoms with van der Waals surface area (Å²) >= 11 is 5.60. The standard InChI is InChI=1S/C11H19ClN2O2/c12-4-1-10(15)14-7-8-16-11(9-14)2-5-13-6-3-11/h13H,1-9H2. The van der Waals surface area contributed by atoms with Gasteiger partial charge in [-0.05, 0) is 25.9 Å². The lowest BCUT2D eigenvalue weighted by molar-refractivity contribution is -0.154. The molecule has 0 aromatic carbocycles. The third-order valence-corrected chi connectivity index (χ3v) is 3.61. The number of nitrogens with one attached hydrogen (secondary N) is 1. The van der Waals surface area contributed by atoms with Crippen molar-refractivity contribution in [1.29, 1.82) is 0 Å². The summed E-state index contributed by atoms with van der Waals surface area (Å²) < 4.78 is 5.90. The fraction of sp³-hybridized carbons (Fsp3) is 0.909. The molecule has 16 heavy (non-hydrogen) atoms. The number of ether oxygens (including phenoxy) is 1. The van der Waals surface area contributed by atoms with E-state index in [-0.39, 0.29) is 11.5 Å². The molecule has 0 aliphatic carbocycles. The smallest absolute Gasteiger partial charge is 0.223 e. The Kier molecular flexibility index (Phi) is 4.05. The van der Waals surface area contributed by atoms with Crippen molar-refractivity contribution in [3.8, 4) is 0 Å². The van der Waals surface area contributed by atoms with Gasteiger partial charge in [0.05, 0.1) is 12.2 Å². The van der Waals surface area contributed by atoms with Crippen molar-refractivity contribution in [3.05, 3.63) is 0 Å². The molecular formula is C11H19ClN2O2. The molecule has 2 heterocycles. The topological polar surface area (TPSA) is 41.6 Å². The van der Waals surface area contributed by atoms with Crippen LogP contribution in [-0.2, 0) is 9.53 Å². The van der Waals surface area contributed by atoms with Gasteiger partial charge in [-0.15, -0.1) is 11.6 Å². The molecule has 0 aromatic heterocycles. The number of alkyl halides is 1. The molecular weight excluding hydrogens is 228 g/mol. The number of halogens is 1. The van der Waals surface area contributed by atoms with E-state index >= 15 is 0 Å². The Morgan fingerprint density at radius 2 is 2.19 bits per heavy atom. The zero-order valence-corrected chi connectivity index (χ0v) is 10.3. The molecule has 1 N–H and O–H groups in total. The third kappa shape index (κ3) is 2.67. The van der Waals surface area contributed by atoms with E-state index in [2.05, 4.69) is 5.32 Å². The van der Waals surface area contributed by atoms with E-state index in [9.17, 15) is 4.79 Å². The number of nitrogens with zero attached hydrogens (tertiary/aromatic N) is 1. The number of hydrogen-bond donors (Lipinski definition) is 1. The molecule has 0 saturated carbocycles. The van der Waals surface area contributed by atoms with Gasteiger partial charge >= 0.3 is 0 Å². The van der Waals surface area contributed by atoms with Gasteiger partial charge in [-0.25, -0.2) is 0 Å². The van der Waals surface area contributed by atoms with Crippen molar-refractivity contribution in [2.75, 3.05) is 38.7 Å². The molecule has 2 aliphatic rings. The predicted octanol–water partition coefficient (Wildman–Crippen LogP) is 0.596. The zero-order chi connectivity index (χ0) is 11.4. The van der Waals surface area contributed by atoms with E-state index in [1.54, 1.807) is 0 Å². The average Bonchev–Trinajstić information content (AvgIpc) is 2.30. The Morgan fingerprint density at radius 3 is 2.88 bits per heavy atom. The van der Waals surface area contributed by atoms with E-state index in [1.807, 2.05) is 4.90 Å². The van der Waals surface area contributed by atoms with Gasteiger partial charge in [0.15, 0.2) is 0 Å². The lowest BCUT2D eigenvalue weighted by atomic mass is 9.90. The predicted molar refractivity (Wildman–Crippen MR) is 62.7 cm³/mol. The van der Waals surface area contributed by atoms with E-state index in [4.69, 9.17) is 16.3 Å². The number of morpholine rings is 1. The number of carbonyl (C=O) groups is 1. The maximum Gasteiger partial charge on any atom is 0.223 e. The lowest BCUT2D eigenvalue weighted by Crippen LogP contribution is -2.57. The van der Waals surface area contributed by atoms with Crippen LogP contribution in [0.3, 0.4) is 0 Å². The maximum atomic E-state index is 11.8. The summed E-state index contributed by atoms with van der Waals surface area (Å²) in [4.78, 5) is 13.7. The molecule has 1 amide bonds. The highest BCUT2D eigenvalue weighted by atomic mass is 35.5. The summed E-state index contributed by atoms with van der Waals surface area (Å²) in [5, 5.41) is 3.32. The molecule has 2 aliphatic heterocycles. The van der Waals surface area contributed by atoms with E-state index in [0.29, 0.717) is 25.5 Å². The monoisotopic (exact) mass is 246 g/mol. The molecule has 0 bridgehead atoms. The van der Waals surface area contributed by atoms with Crippen molar-refractivity contribution < 1.29 is 9.53 Å². The van der Waals surface area contributed by atoms with Crippen molar-refractivity contribution in [2.45, 2.75) is 24.9 Å². The van der Waals surface area contributed by atoms with E-state index in [1.165, 1.54) is 0 Å². The molecule has 1 spiro atoms. The van der Waals surface area contributed by atoms with Crippen LogP contribution < -0.4 is 5.32 Å². The second-order valence-electron chi connectivity index (χ2n) is 4.54. The number of piperidine rings is 1. The quantitative estimate of drug-likeness (QED) is 0.726. The number of hydrogen-bond acceptors (Lipinski definition) is 3. The van der Waals surface area contributed by atoms with Crippen LogP contribution in [0.2, 0.25) is 0 Å². The first-order valence-electron chi connectivity index (χ1n) is 5.94. The van der Waals surface area contributed by atoms with Gasteiger partial charge in [0.25, 0.3) is 0 Å². The normalized spacial score (nSPS) is 24.7. The molecule has 0 aromatic rings. The molecule has 0 radical (unpaired) electrons. The minimum atomic E-state index is -0.0918. The summed E-state index contributed by atoms with van der Waals surface area (Å²) in [5.41, 5.74) is -0.0918. The minimum absolute atomic E-state index is 0.0918. The molecule has 0 atom stereocenters. The lowest BCUT2D eigenvalue weighted by Gasteiger charge is -2.45. The highest BCUT2D eigenvalue weighted by Gasteiger charge is 2.38. The molecule has 0 unspecified atom stereocenters. The molecule has 4 nitrogen and oxygen atoms in total. The highest BCUT2D eigenvalue weighted by Crippen LogP contribution is 2.27. The number of amides is 1. The summed E-state index contributed by atoms with van der Waals surface area (Å²) in [7, 11) is 0. The van der Waals surface area contributed by atoms with Gasteiger partial charge in [-0.3, -0.25) is 4.79 Å². The van der Waals surface area contributed by atoms with Crippen molar-refractivity contribution in [1.82, 2.24) is 10.2 Å². The Balaban J connectivity index is 1.94. The fourth-order valence-electron chi connectivity index (χ4n) is 2.48. The minimum Gasteiger partial charge on any atom is -0.371 e. The molecule has 2 rings (SSSR count). The first-order chi connectivity index (χ1) is 7.76. The van der Waals surface area contributed by atoms with Crippen LogP contribution in [0.1, 0.15) is 19.3 Å². The van der Waals surface area contributed by atoms with Crippen LogP contribution in [0.15, 0.2) is 0 Å². The first kappa shape index (κ1) is 12.1. The largest absolute Gasteiger partial charge is 0.371 e. The van der Waals surface area contributed by atoms with Gasteiger partial charge in [0, 0.05) is 25.4 Å². The second-order valence-corrected chi connectivity index (χ2v) is 4.91. The first-order valence-corrected chi connectivity index (χ1v) is 6.48. The SMILES string of the molecule is O=C(CCCl)N1CCOC2(CCNCC2)C1. The van der Waals surface area contributed by atoms with Crippen molar-refractivity contribution in [2.24, 2.45) is 0 Å². The van der Waals surface area contributed by atoms with Crippen molar-refractivity contribution >= 4 is 17.5 Å². The Hall–Kier alpha value is -0.320. The summed E-state index contributed by atoms with van der Waals surface area (Å²) in [6.07, 6.45) is 2.44.